The van der Waals surface area contributed by atoms with Crippen LogP contribution in [0.25, 0.3) is 0 Å². The van der Waals surface area contributed by atoms with Gasteiger partial charge >= 0.3 is 0 Å². The minimum atomic E-state index is -0.269. The van der Waals surface area contributed by atoms with Crippen LogP contribution in [0.5, 0.6) is 0 Å². The minimum Gasteiger partial charge on any atom is -0.391 e. The molecule has 4 atom stereocenters. The Morgan fingerprint density at radius 3 is 1.67 bits per heavy atom. The molecule has 2 aliphatic heterocycles. The van der Waals surface area contributed by atoms with Gasteiger partial charge in [-0.15, -0.1) is 23.5 Å². The molecular formula is C8H14O2S2. The first-order valence-electron chi connectivity index (χ1n) is 4.15. The Morgan fingerprint density at radius 1 is 1.00 bits per heavy atom. The molecule has 0 aliphatic carbocycles. The second-order valence-electron chi connectivity index (χ2n) is 3.87. The first-order chi connectivity index (χ1) is 5.51. The molecule has 0 aromatic carbocycles. The summed E-state index contributed by atoms with van der Waals surface area (Å²) in [4.78, 5) is 0. The molecule has 2 N–H and O–H groups in total. The second-order valence-corrected chi connectivity index (χ2v) is 6.81. The van der Waals surface area contributed by atoms with Gasteiger partial charge in [0.15, 0.2) is 0 Å². The first kappa shape index (κ1) is 9.19. The Kier molecular flexibility index (Phi) is 1.96. The van der Waals surface area contributed by atoms with Crippen molar-refractivity contribution in [1.29, 1.82) is 0 Å². The van der Waals surface area contributed by atoms with Crippen LogP contribution in [0.1, 0.15) is 13.8 Å². The minimum absolute atomic E-state index is 0.142. The van der Waals surface area contributed by atoms with E-state index in [2.05, 4.69) is 13.8 Å². The van der Waals surface area contributed by atoms with Crippen LogP contribution in [0.2, 0.25) is 0 Å². The summed E-state index contributed by atoms with van der Waals surface area (Å²) in [6.07, 6.45) is -0.538. The lowest BCUT2D eigenvalue weighted by Crippen LogP contribution is -2.49. The van der Waals surface area contributed by atoms with Crippen LogP contribution in [0.3, 0.4) is 0 Å². The van der Waals surface area contributed by atoms with Gasteiger partial charge in [0.05, 0.1) is 21.7 Å². The van der Waals surface area contributed by atoms with E-state index in [0.29, 0.717) is 0 Å². The zero-order chi connectivity index (χ0) is 8.98. The molecule has 2 heterocycles. The fourth-order valence-electron chi connectivity index (χ4n) is 1.96. The summed E-state index contributed by atoms with van der Waals surface area (Å²) in [5, 5.41) is 19.6. The number of fused-ring (bicyclic) bond motifs is 1. The predicted octanol–water partition coefficient (Wildman–Crippen LogP) is 0.719. The standard InChI is InChI=1S/C8H14O2S2/c1-7-5(9)3-12-8(7,2)6(10)4-11-7/h5-6,9-10H,3-4H2,1-2H3. The number of hydrogen-bond donors (Lipinski definition) is 2. The molecule has 12 heavy (non-hydrogen) atoms. The quantitative estimate of drug-likeness (QED) is 0.613. The number of hydrogen-bond acceptors (Lipinski definition) is 4. The number of thioether (sulfide) groups is 2. The molecule has 2 aliphatic rings. The molecule has 2 nitrogen and oxygen atoms in total. The highest BCUT2D eigenvalue weighted by Gasteiger charge is 2.62. The van der Waals surface area contributed by atoms with Gasteiger partial charge in [-0.25, -0.2) is 0 Å². The van der Waals surface area contributed by atoms with E-state index in [9.17, 15) is 10.2 Å². The van der Waals surface area contributed by atoms with E-state index in [4.69, 9.17) is 0 Å². The van der Waals surface area contributed by atoms with Crippen LogP contribution in [-0.2, 0) is 0 Å². The Labute approximate surface area is 81.1 Å². The summed E-state index contributed by atoms with van der Waals surface area (Å²) in [5.74, 6) is 1.52. The van der Waals surface area contributed by atoms with E-state index in [1.165, 1.54) is 0 Å². The van der Waals surface area contributed by atoms with Crippen molar-refractivity contribution in [3.8, 4) is 0 Å². The molecule has 0 aromatic heterocycles. The van der Waals surface area contributed by atoms with E-state index in [-0.39, 0.29) is 21.7 Å². The molecule has 0 spiro atoms. The molecule has 0 radical (unpaired) electrons. The summed E-state index contributed by atoms with van der Waals surface area (Å²) in [5.41, 5.74) is 0. The lowest BCUT2D eigenvalue weighted by atomic mass is 9.87. The predicted molar refractivity (Wildman–Crippen MR) is 53.7 cm³/mol. The number of rotatable bonds is 0. The molecule has 0 bridgehead atoms. The van der Waals surface area contributed by atoms with Gasteiger partial charge in [-0.1, -0.05) is 0 Å². The highest BCUT2D eigenvalue weighted by Crippen LogP contribution is 2.59. The van der Waals surface area contributed by atoms with Crippen molar-refractivity contribution < 1.29 is 10.2 Å². The van der Waals surface area contributed by atoms with Crippen LogP contribution in [0.15, 0.2) is 0 Å². The average molecular weight is 206 g/mol. The van der Waals surface area contributed by atoms with E-state index in [0.717, 1.165) is 11.5 Å². The summed E-state index contributed by atoms with van der Waals surface area (Å²) >= 11 is 3.42. The van der Waals surface area contributed by atoms with Crippen molar-refractivity contribution in [2.45, 2.75) is 35.5 Å². The molecule has 0 aromatic rings. The van der Waals surface area contributed by atoms with E-state index in [1.54, 1.807) is 23.5 Å². The van der Waals surface area contributed by atoms with Crippen LogP contribution < -0.4 is 0 Å². The summed E-state index contributed by atoms with van der Waals surface area (Å²) in [6, 6.07) is 0. The van der Waals surface area contributed by atoms with Gasteiger partial charge < -0.3 is 10.2 Å². The smallest absolute Gasteiger partial charge is 0.0789 e. The van der Waals surface area contributed by atoms with Crippen LogP contribution in [-0.4, -0.2) is 43.4 Å². The summed E-state index contributed by atoms with van der Waals surface area (Å²) in [7, 11) is 0. The van der Waals surface area contributed by atoms with Crippen molar-refractivity contribution in [1.82, 2.24) is 0 Å². The topological polar surface area (TPSA) is 40.5 Å². The third-order valence-electron chi connectivity index (χ3n) is 3.34. The molecule has 2 saturated heterocycles. The normalized spacial score (nSPS) is 59.0. The molecule has 0 amide bonds. The SMILES string of the molecule is CC12SCC(O)C1(C)SCC2O. The third-order valence-corrected chi connectivity index (χ3v) is 7.03. The van der Waals surface area contributed by atoms with Crippen LogP contribution in [0.4, 0.5) is 0 Å². The summed E-state index contributed by atoms with van der Waals surface area (Å²) in [6.45, 7) is 4.14. The van der Waals surface area contributed by atoms with Crippen molar-refractivity contribution in [2.24, 2.45) is 0 Å². The van der Waals surface area contributed by atoms with Crippen molar-refractivity contribution in [3.05, 3.63) is 0 Å². The molecule has 0 saturated carbocycles. The van der Waals surface area contributed by atoms with Gasteiger partial charge in [0, 0.05) is 11.5 Å². The van der Waals surface area contributed by atoms with Crippen molar-refractivity contribution >= 4 is 23.5 Å². The Morgan fingerprint density at radius 2 is 1.33 bits per heavy atom. The largest absolute Gasteiger partial charge is 0.391 e. The highest BCUT2D eigenvalue weighted by atomic mass is 32.2. The second kappa shape index (κ2) is 2.56. The van der Waals surface area contributed by atoms with Gasteiger partial charge in [-0.3, -0.25) is 0 Å². The average Bonchev–Trinajstić information content (AvgIpc) is 2.39. The number of aliphatic hydroxyl groups is 2. The monoisotopic (exact) mass is 206 g/mol. The lowest BCUT2D eigenvalue weighted by molar-refractivity contribution is 0.105. The lowest BCUT2D eigenvalue weighted by Gasteiger charge is -2.35. The molecule has 4 heteroatoms. The first-order valence-corrected chi connectivity index (χ1v) is 6.12. The maximum absolute atomic E-state index is 9.79. The van der Waals surface area contributed by atoms with Gasteiger partial charge in [0.2, 0.25) is 0 Å². The zero-order valence-corrected chi connectivity index (χ0v) is 8.91. The molecule has 70 valence electrons. The summed E-state index contributed by atoms with van der Waals surface area (Å²) < 4.78 is -0.284. The van der Waals surface area contributed by atoms with Gasteiger partial charge in [-0.2, -0.15) is 0 Å². The van der Waals surface area contributed by atoms with E-state index in [1.807, 2.05) is 0 Å². The van der Waals surface area contributed by atoms with E-state index >= 15 is 0 Å². The van der Waals surface area contributed by atoms with Crippen LogP contribution in [0, 0.1) is 0 Å². The number of aliphatic hydroxyl groups excluding tert-OH is 2. The highest BCUT2D eigenvalue weighted by molar-refractivity contribution is 8.06. The Balaban J connectivity index is 2.37. The molecular weight excluding hydrogens is 192 g/mol. The third kappa shape index (κ3) is 0.870. The Hall–Kier alpha value is 0.620. The Bertz CT molecular complexity index is 189. The van der Waals surface area contributed by atoms with Gasteiger partial charge in [0.1, 0.15) is 0 Å². The maximum atomic E-state index is 9.79. The molecule has 4 unspecified atom stereocenters. The van der Waals surface area contributed by atoms with Gasteiger partial charge in [-0.05, 0) is 13.8 Å². The molecule has 2 rings (SSSR count). The fraction of sp³-hybridized carbons (Fsp3) is 1.00. The van der Waals surface area contributed by atoms with E-state index < -0.39 is 0 Å². The van der Waals surface area contributed by atoms with Crippen LogP contribution >= 0.6 is 23.5 Å². The maximum Gasteiger partial charge on any atom is 0.0789 e. The van der Waals surface area contributed by atoms with Crippen molar-refractivity contribution in [2.75, 3.05) is 11.5 Å². The van der Waals surface area contributed by atoms with Gasteiger partial charge in [0.25, 0.3) is 0 Å². The fourth-order valence-corrected chi connectivity index (χ4v) is 5.60. The molecule has 2 fully saturated rings. The zero-order valence-electron chi connectivity index (χ0n) is 7.28. The van der Waals surface area contributed by atoms with Crippen molar-refractivity contribution in [3.63, 3.8) is 0 Å².